The van der Waals surface area contributed by atoms with E-state index in [9.17, 15) is 5.11 Å². The summed E-state index contributed by atoms with van der Waals surface area (Å²) in [7, 11) is 0. The SMILES string of the molecule is CCCC(C)(O)Cc1c(C)cc(C)cc1C. The Kier molecular flexibility index (Phi) is 4.15. The molecule has 1 heteroatoms. The maximum atomic E-state index is 10.3. The van der Waals surface area contributed by atoms with Gasteiger partial charge in [-0.05, 0) is 50.8 Å². The van der Waals surface area contributed by atoms with Crippen molar-refractivity contribution in [1.82, 2.24) is 0 Å². The van der Waals surface area contributed by atoms with Gasteiger partial charge < -0.3 is 5.11 Å². The van der Waals surface area contributed by atoms with Gasteiger partial charge in [-0.3, -0.25) is 0 Å². The first kappa shape index (κ1) is 13.2. The highest BCUT2D eigenvalue weighted by atomic mass is 16.3. The fraction of sp³-hybridized carbons (Fsp3) is 0.600. The van der Waals surface area contributed by atoms with Crippen molar-refractivity contribution in [3.05, 3.63) is 34.4 Å². The molecule has 0 radical (unpaired) electrons. The van der Waals surface area contributed by atoms with Crippen LogP contribution in [0.3, 0.4) is 0 Å². The van der Waals surface area contributed by atoms with E-state index in [-0.39, 0.29) is 0 Å². The van der Waals surface area contributed by atoms with E-state index < -0.39 is 5.60 Å². The van der Waals surface area contributed by atoms with Crippen LogP contribution in [0.5, 0.6) is 0 Å². The molecular weight excluding hydrogens is 196 g/mol. The predicted molar refractivity (Wildman–Crippen MR) is 69.9 cm³/mol. The lowest BCUT2D eigenvalue weighted by atomic mass is 9.87. The van der Waals surface area contributed by atoms with Gasteiger partial charge in [0.15, 0.2) is 0 Å². The van der Waals surface area contributed by atoms with Crippen molar-refractivity contribution in [3.8, 4) is 0 Å². The van der Waals surface area contributed by atoms with Crippen LogP contribution in [0.1, 0.15) is 48.9 Å². The van der Waals surface area contributed by atoms with Crippen molar-refractivity contribution in [2.24, 2.45) is 0 Å². The van der Waals surface area contributed by atoms with Crippen molar-refractivity contribution < 1.29 is 5.11 Å². The van der Waals surface area contributed by atoms with Crippen LogP contribution in [0.2, 0.25) is 0 Å². The van der Waals surface area contributed by atoms with Gasteiger partial charge in [-0.1, -0.05) is 31.0 Å². The number of rotatable bonds is 4. The van der Waals surface area contributed by atoms with Gasteiger partial charge >= 0.3 is 0 Å². The average molecular weight is 220 g/mol. The van der Waals surface area contributed by atoms with E-state index in [1.54, 1.807) is 0 Å². The summed E-state index contributed by atoms with van der Waals surface area (Å²) in [6, 6.07) is 4.40. The Bertz CT molecular complexity index is 341. The van der Waals surface area contributed by atoms with E-state index in [2.05, 4.69) is 39.8 Å². The molecule has 0 amide bonds. The molecule has 0 aliphatic heterocycles. The monoisotopic (exact) mass is 220 g/mol. The van der Waals surface area contributed by atoms with Crippen molar-refractivity contribution in [2.75, 3.05) is 0 Å². The van der Waals surface area contributed by atoms with Crippen molar-refractivity contribution in [3.63, 3.8) is 0 Å². The molecule has 0 aliphatic rings. The molecule has 1 atom stereocenters. The van der Waals surface area contributed by atoms with Crippen LogP contribution in [-0.2, 0) is 6.42 Å². The van der Waals surface area contributed by atoms with Crippen molar-refractivity contribution >= 4 is 0 Å². The standard InChI is InChI=1S/C15H24O/c1-6-7-15(5,16)10-14-12(3)8-11(2)9-13(14)4/h8-9,16H,6-7,10H2,1-5H3. The maximum absolute atomic E-state index is 10.3. The highest BCUT2D eigenvalue weighted by Crippen LogP contribution is 2.24. The molecule has 0 spiro atoms. The fourth-order valence-corrected chi connectivity index (χ4v) is 2.50. The second-order valence-corrected chi connectivity index (χ2v) is 5.30. The smallest absolute Gasteiger partial charge is 0.0660 e. The summed E-state index contributed by atoms with van der Waals surface area (Å²) in [5, 5.41) is 10.3. The molecular formula is C15H24O. The van der Waals surface area contributed by atoms with E-state index in [1.807, 2.05) is 6.92 Å². The van der Waals surface area contributed by atoms with Crippen LogP contribution >= 0.6 is 0 Å². The number of hydrogen-bond acceptors (Lipinski definition) is 1. The van der Waals surface area contributed by atoms with Gasteiger partial charge in [0.2, 0.25) is 0 Å². The molecule has 16 heavy (non-hydrogen) atoms. The van der Waals surface area contributed by atoms with Gasteiger partial charge in [0.1, 0.15) is 0 Å². The third-order valence-corrected chi connectivity index (χ3v) is 3.19. The van der Waals surface area contributed by atoms with Gasteiger partial charge in [0.25, 0.3) is 0 Å². The minimum absolute atomic E-state index is 0.570. The number of hydrogen-bond donors (Lipinski definition) is 1. The molecule has 1 unspecified atom stereocenters. The number of aliphatic hydroxyl groups is 1. The van der Waals surface area contributed by atoms with Crippen molar-refractivity contribution in [2.45, 2.75) is 59.5 Å². The molecule has 0 aliphatic carbocycles. The zero-order chi connectivity index (χ0) is 12.3. The number of aryl methyl sites for hydroxylation is 3. The van der Waals surface area contributed by atoms with Gasteiger partial charge in [0, 0.05) is 6.42 Å². The normalized spacial score (nSPS) is 14.9. The lowest BCUT2D eigenvalue weighted by molar-refractivity contribution is 0.0502. The second kappa shape index (κ2) is 5.01. The van der Waals surface area contributed by atoms with Gasteiger partial charge in [0.05, 0.1) is 5.60 Å². The summed E-state index contributed by atoms with van der Waals surface area (Å²) in [5.74, 6) is 0. The van der Waals surface area contributed by atoms with Crippen LogP contribution < -0.4 is 0 Å². The Hall–Kier alpha value is -0.820. The molecule has 1 nitrogen and oxygen atoms in total. The highest BCUT2D eigenvalue weighted by Gasteiger charge is 2.21. The first-order valence-corrected chi connectivity index (χ1v) is 6.15. The molecule has 0 bridgehead atoms. The van der Waals surface area contributed by atoms with E-state index in [0.29, 0.717) is 0 Å². The van der Waals surface area contributed by atoms with Crippen LogP contribution in [0, 0.1) is 20.8 Å². The Labute approximate surface area is 99.5 Å². The fourth-order valence-electron chi connectivity index (χ4n) is 2.50. The van der Waals surface area contributed by atoms with Gasteiger partial charge in [-0.25, -0.2) is 0 Å². The molecule has 1 aromatic rings. The minimum Gasteiger partial charge on any atom is -0.390 e. The molecule has 1 rings (SSSR count). The average Bonchev–Trinajstić information content (AvgIpc) is 2.11. The summed E-state index contributed by atoms with van der Waals surface area (Å²) in [6.07, 6.45) is 2.65. The number of benzene rings is 1. The predicted octanol–water partition coefficient (Wildman–Crippen LogP) is 3.71. The van der Waals surface area contributed by atoms with Crippen LogP contribution in [0.15, 0.2) is 12.1 Å². The molecule has 0 fully saturated rings. The third kappa shape index (κ3) is 3.34. The third-order valence-electron chi connectivity index (χ3n) is 3.19. The van der Waals surface area contributed by atoms with E-state index >= 15 is 0 Å². The molecule has 0 heterocycles. The first-order chi connectivity index (χ1) is 7.35. The van der Waals surface area contributed by atoms with Crippen LogP contribution in [-0.4, -0.2) is 10.7 Å². The highest BCUT2D eigenvalue weighted by molar-refractivity contribution is 5.38. The summed E-state index contributed by atoms with van der Waals surface area (Å²) < 4.78 is 0. The largest absolute Gasteiger partial charge is 0.390 e. The zero-order valence-corrected chi connectivity index (χ0v) is 11.2. The van der Waals surface area contributed by atoms with Gasteiger partial charge in [-0.15, -0.1) is 0 Å². The van der Waals surface area contributed by atoms with Crippen molar-refractivity contribution in [1.29, 1.82) is 0 Å². The lowest BCUT2D eigenvalue weighted by Gasteiger charge is -2.25. The molecule has 1 aromatic carbocycles. The van der Waals surface area contributed by atoms with Crippen LogP contribution in [0.25, 0.3) is 0 Å². The second-order valence-electron chi connectivity index (χ2n) is 5.30. The topological polar surface area (TPSA) is 20.2 Å². The summed E-state index contributed by atoms with van der Waals surface area (Å²) >= 11 is 0. The van der Waals surface area contributed by atoms with E-state index in [4.69, 9.17) is 0 Å². The Morgan fingerprint density at radius 3 is 2.06 bits per heavy atom. The summed E-state index contributed by atoms with van der Waals surface area (Å²) in [5.41, 5.74) is 4.64. The molecule has 0 aromatic heterocycles. The van der Waals surface area contributed by atoms with Gasteiger partial charge in [-0.2, -0.15) is 0 Å². The zero-order valence-electron chi connectivity index (χ0n) is 11.2. The first-order valence-electron chi connectivity index (χ1n) is 6.15. The molecule has 1 N–H and O–H groups in total. The van der Waals surface area contributed by atoms with E-state index in [1.165, 1.54) is 22.3 Å². The quantitative estimate of drug-likeness (QED) is 0.820. The summed E-state index contributed by atoms with van der Waals surface area (Å²) in [6.45, 7) is 10.4. The Morgan fingerprint density at radius 2 is 1.62 bits per heavy atom. The Morgan fingerprint density at radius 1 is 1.12 bits per heavy atom. The van der Waals surface area contributed by atoms with Crippen LogP contribution in [0.4, 0.5) is 0 Å². The molecule has 0 saturated heterocycles. The Balaban J connectivity index is 2.97. The lowest BCUT2D eigenvalue weighted by Crippen LogP contribution is -2.27. The maximum Gasteiger partial charge on any atom is 0.0660 e. The molecule has 90 valence electrons. The summed E-state index contributed by atoms with van der Waals surface area (Å²) in [4.78, 5) is 0. The van der Waals surface area contributed by atoms with E-state index in [0.717, 1.165) is 19.3 Å². The minimum atomic E-state index is -0.570. The molecule has 0 saturated carbocycles.